The van der Waals surface area contributed by atoms with Crippen LogP contribution in [0.25, 0.3) is 0 Å². The van der Waals surface area contributed by atoms with Gasteiger partial charge in [0, 0.05) is 31.7 Å². The van der Waals surface area contributed by atoms with Gasteiger partial charge in [-0.25, -0.2) is 0 Å². The molecule has 92 valence electrons. The molecule has 17 heavy (non-hydrogen) atoms. The molecule has 0 radical (unpaired) electrons. The van der Waals surface area contributed by atoms with Crippen LogP contribution in [0.15, 0.2) is 18.6 Å². The lowest BCUT2D eigenvalue weighted by Crippen LogP contribution is -2.50. The number of aromatic nitrogens is 2. The van der Waals surface area contributed by atoms with Crippen LogP contribution in [0.1, 0.15) is 25.1 Å². The molecule has 2 unspecified atom stereocenters. The van der Waals surface area contributed by atoms with E-state index in [4.69, 9.17) is 10.8 Å². The minimum absolute atomic E-state index is 0.0356. The van der Waals surface area contributed by atoms with Crippen molar-refractivity contribution >= 4 is 5.97 Å². The average Bonchev–Trinajstić information content (AvgIpc) is 2.74. The zero-order chi connectivity index (χ0) is 12.5. The van der Waals surface area contributed by atoms with Crippen LogP contribution in [0.3, 0.4) is 0 Å². The molecule has 1 aliphatic rings. The van der Waals surface area contributed by atoms with Gasteiger partial charge in [0.1, 0.15) is 5.54 Å². The Morgan fingerprint density at radius 2 is 2.41 bits per heavy atom. The normalized spacial score (nSPS) is 26.9. The van der Waals surface area contributed by atoms with Crippen molar-refractivity contribution in [3.05, 3.63) is 24.3 Å². The molecule has 2 heterocycles. The molecule has 1 fully saturated rings. The topological polar surface area (TPSA) is 92.3 Å². The summed E-state index contributed by atoms with van der Waals surface area (Å²) in [6.45, 7) is 3.00. The smallest absolute Gasteiger partial charge is 0.325 e. The number of hydrogen-bond donors (Lipinski definition) is 2. The third-order valence-corrected chi connectivity index (χ3v) is 3.32. The van der Waals surface area contributed by atoms with Gasteiger partial charge in [0.2, 0.25) is 0 Å². The summed E-state index contributed by atoms with van der Waals surface area (Å²) in [6.07, 6.45) is 5.41. The van der Waals surface area contributed by atoms with Gasteiger partial charge in [0.15, 0.2) is 0 Å². The van der Waals surface area contributed by atoms with E-state index in [1.165, 1.54) is 0 Å². The predicted octanol–water partition coefficient (Wildman–Crippen LogP) is 0.0254. The Hall–Kier alpha value is -1.53. The van der Waals surface area contributed by atoms with Gasteiger partial charge in [-0.1, -0.05) is 0 Å². The maximum atomic E-state index is 11.0. The SMILES string of the molecule is CC(c1cnccn1)N1CCC(N)(C(=O)O)C1. The molecule has 0 aromatic carbocycles. The van der Waals surface area contributed by atoms with E-state index in [1.54, 1.807) is 18.6 Å². The maximum Gasteiger partial charge on any atom is 0.325 e. The van der Waals surface area contributed by atoms with Crippen molar-refractivity contribution in [3.63, 3.8) is 0 Å². The van der Waals surface area contributed by atoms with Crippen LogP contribution in [0.5, 0.6) is 0 Å². The first-order valence-electron chi connectivity index (χ1n) is 5.55. The minimum Gasteiger partial charge on any atom is -0.480 e. The molecule has 6 heteroatoms. The fourth-order valence-electron chi connectivity index (χ4n) is 2.08. The standard InChI is InChI=1S/C11H16N4O2/c1-8(9-6-13-3-4-14-9)15-5-2-11(12,7-15)10(16)17/h3-4,6,8H,2,5,7,12H2,1H3,(H,16,17). The highest BCUT2D eigenvalue weighted by Gasteiger charge is 2.42. The van der Waals surface area contributed by atoms with Crippen LogP contribution in [0.4, 0.5) is 0 Å². The fourth-order valence-corrected chi connectivity index (χ4v) is 2.08. The Balaban J connectivity index is 2.09. The molecule has 0 saturated carbocycles. The van der Waals surface area contributed by atoms with Gasteiger partial charge in [-0.2, -0.15) is 0 Å². The zero-order valence-electron chi connectivity index (χ0n) is 9.71. The monoisotopic (exact) mass is 236 g/mol. The van der Waals surface area contributed by atoms with Crippen LogP contribution in [-0.4, -0.2) is 44.6 Å². The van der Waals surface area contributed by atoms with E-state index < -0.39 is 11.5 Å². The van der Waals surface area contributed by atoms with Crippen molar-refractivity contribution in [2.45, 2.75) is 24.9 Å². The highest BCUT2D eigenvalue weighted by Crippen LogP contribution is 2.27. The number of carbonyl (C=O) groups is 1. The van der Waals surface area contributed by atoms with Gasteiger partial charge in [-0.05, 0) is 13.3 Å². The van der Waals surface area contributed by atoms with Gasteiger partial charge >= 0.3 is 5.97 Å². The van der Waals surface area contributed by atoms with Crippen molar-refractivity contribution in [2.24, 2.45) is 5.73 Å². The summed E-state index contributed by atoms with van der Waals surface area (Å²) in [7, 11) is 0. The fraction of sp³-hybridized carbons (Fsp3) is 0.545. The number of hydrogen-bond acceptors (Lipinski definition) is 5. The highest BCUT2D eigenvalue weighted by atomic mass is 16.4. The van der Waals surface area contributed by atoms with Crippen LogP contribution in [0.2, 0.25) is 0 Å². The van der Waals surface area contributed by atoms with Crippen molar-refractivity contribution in [1.82, 2.24) is 14.9 Å². The predicted molar refractivity (Wildman–Crippen MR) is 61.2 cm³/mol. The molecule has 1 aromatic heterocycles. The molecule has 0 bridgehead atoms. The highest BCUT2D eigenvalue weighted by molar-refractivity contribution is 5.79. The molecule has 1 aromatic rings. The molecular weight excluding hydrogens is 220 g/mol. The number of nitrogens with zero attached hydrogens (tertiary/aromatic N) is 3. The van der Waals surface area contributed by atoms with Gasteiger partial charge in [0.25, 0.3) is 0 Å². The van der Waals surface area contributed by atoms with Gasteiger partial charge in [0.05, 0.1) is 11.7 Å². The third kappa shape index (κ3) is 2.27. The van der Waals surface area contributed by atoms with Crippen molar-refractivity contribution in [2.75, 3.05) is 13.1 Å². The Morgan fingerprint density at radius 3 is 2.94 bits per heavy atom. The van der Waals surface area contributed by atoms with E-state index in [0.29, 0.717) is 19.5 Å². The second-order valence-electron chi connectivity index (χ2n) is 4.49. The lowest BCUT2D eigenvalue weighted by Gasteiger charge is -2.25. The van der Waals surface area contributed by atoms with E-state index in [2.05, 4.69) is 9.97 Å². The second-order valence-corrected chi connectivity index (χ2v) is 4.49. The van der Waals surface area contributed by atoms with E-state index in [9.17, 15) is 4.79 Å². The lowest BCUT2D eigenvalue weighted by atomic mass is 10.0. The molecule has 3 N–H and O–H groups in total. The van der Waals surface area contributed by atoms with Crippen LogP contribution in [0, 0.1) is 0 Å². The summed E-state index contributed by atoms with van der Waals surface area (Å²) in [6, 6.07) is 0.0356. The molecule has 1 saturated heterocycles. The molecule has 1 aliphatic heterocycles. The third-order valence-electron chi connectivity index (χ3n) is 3.32. The van der Waals surface area contributed by atoms with Crippen LogP contribution >= 0.6 is 0 Å². The van der Waals surface area contributed by atoms with E-state index in [-0.39, 0.29) is 6.04 Å². The zero-order valence-corrected chi connectivity index (χ0v) is 9.71. The van der Waals surface area contributed by atoms with E-state index >= 15 is 0 Å². The van der Waals surface area contributed by atoms with Gasteiger partial charge in [-0.3, -0.25) is 19.7 Å². The van der Waals surface area contributed by atoms with E-state index in [0.717, 1.165) is 5.69 Å². The number of aliphatic carboxylic acids is 1. The number of likely N-dealkylation sites (tertiary alicyclic amines) is 1. The first-order valence-corrected chi connectivity index (χ1v) is 5.55. The average molecular weight is 236 g/mol. The summed E-state index contributed by atoms with van der Waals surface area (Å²) in [5, 5.41) is 9.06. The molecule has 2 atom stereocenters. The summed E-state index contributed by atoms with van der Waals surface area (Å²) in [5.74, 6) is -0.939. The first kappa shape index (κ1) is 11.9. The Morgan fingerprint density at radius 1 is 1.65 bits per heavy atom. The number of carboxylic acids is 1. The Kier molecular flexibility index (Phi) is 3.08. The molecule has 2 rings (SSSR count). The number of rotatable bonds is 3. The van der Waals surface area contributed by atoms with Gasteiger partial charge < -0.3 is 10.8 Å². The summed E-state index contributed by atoms with van der Waals surface area (Å²) in [4.78, 5) is 21.3. The van der Waals surface area contributed by atoms with E-state index in [1.807, 2.05) is 11.8 Å². The minimum atomic E-state index is -1.13. The molecule has 0 spiro atoms. The Labute approximate surface area is 99.5 Å². The molecular formula is C11H16N4O2. The van der Waals surface area contributed by atoms with Crippen molar-refractivity contribution in [1.29, 1.82) is 0 Å². The van der Waals surface area contributed by atoms with Crippen molar-refractivity contribution < 1.29 is 9.90 Å². The molecule has 6 nitrogen and oxygen atoms in total. The largest absolute Gasteiger partial charge is 0.480 e. The molecule has 0 amide bonds. The number of carboxylic acid groups (broad SMARTS) is 1. The lowest BCUT2D eigenvalue weighted by molar-refractivity contribution is -0.142. The summed E-state index contributed by atoms with van der Waals surface area (Å²) < 4.78 is 0. The second kappa shape index (κ2) is 4.38. The molecule has 0 aliphatic carbocycles. The Bertz CT molecular complexity index is 411. The summed E-state index contributed by atoms with van der Waals surface area (Å²) in [5.41, 5.74) is 5.54. The van der Waals surface area contributed by atoms with Gasteiger partial charge in [-0.15, -0.1) is 0 Å². The van der Waals surface area contributed by atoms with Crippen molar-refractivity contribution in [3.8, 4) is 0 Å². The first-order chi connectivity index (χ1) is 8.03. The maximum absolute atomic E-state index is 11.0. The number of nitrogens with two attached hydrogens (primary N) is 1. The van der Waals surface area contributed by atoms with Crippen LogP contribution in [-0.2, 0) is 4.79 Å². The summed E-state index contributed by atoms with van der Waals surface area (Å²) >= 11 is 0. The van der Waals surface area contributed by atoms with Crippen LogP contribution < -0.4 is 5.73 Å². The quantitative estimate of drug-likeness (QED) is 0.769.